The van der Waals surface area contributed by atoms with E-state index in [2.05, 4.69) is 15.3 Å². The number of nitrogens with zero attached hydrogens (tertiary/aromatic N) is 1. The number of aliphatic hydroxyl groups excluding tert-OH is 2. The molecule has 0 saturated heterocycles. The standard InChI is InChI=1S/C29H29ClFIN4O4/c1-16(17-5-3-2-4-6-17)25(28-34-26(27(30)36-28)22-12-9-19(32)13-23(22)31)35-29(39)24(33)18-7-10-20(11-8-18)40-21(14-37)15-38/h2-13,16,21,24-25,37-38H,14-15,33H2,1H3,(H,34,36)(H,35,39)/t16-,24+,25-/m0/s1. The van der Waals surface area contributed by atoms with E-state index in [4.69, 9.17) is 22.1 Å². The van der Waals surface area contributed by atoms with Gasteiger partial charge in [-0.2, -0.15) is 0 Å². The molecule has 0 saturated carbocycles. The van der Waals surface area contributed by atoms with Crippen LogP contribution in [0.2, 0.25) is 5.15 Å². The van der Waals surface area contributed by atoms with Crippen LogP contribution in [0.5, 0.6) is 5.75 Å². The van der Waals surface area contributed by atoms with Gasteiger partial charge in [0.2, 0.25) is 5.91 Å². The van der Waals surface area contributed by atoms with Crippen LogP contribution < -0.4 is 15.8 Å². The van der Waals surface area contributed by atoms with Crippen molar-refractivity contribution in [2.45, 2.75) is 31.0 Å². The van der Waals surface area contributed by atoms with Gasteiger partial charge in [-0.3, -0.25) is 4.79 Å². The highest BCUT2D eigenvalue weighted by Crippen LogP contribution is 2.35. The lowest BCUT2D eigenvalue weighted by atomic mass is 9.92. The number of hydrogen-bond donors (Lipinski definition) is 5. The van der Waals surface area contributed by atoms with Crippen LogP contribution in [0.3, 0.4) is 0 Å². The van der Waals surface area contributed by atoms with E-state index in [1.54, 1.807) is 36.4 Å². The molecule has 11 heteroatoms. The Kier molecular flexibility index (Phi) is 10.1. The fourth-order valence-electron chi connectivity index (χ4n) is 4.23. The third kappa shape index (κ3) is 6.99. The molecule has 4 aromatic rings. The van der Waals surface area contributed by atoms with Crippen molar-refractivity contribution in [1.82, 2.24) is 15.3 Å². The summed E-state index contributed by atoms with van der Waals surface area (Å²) in [4.78, 5) is 21.0. The number of halogens is 3. The van der Waals surface area contributed by atoms with Crippen molar-refractivity contribution in [3.63, 3.8) is 0 Å². The zero-order valence-corrected chi connectivity index (χ0v) is 24.4. The minimum Gasteiger partial charge on any atom is -0.486 e. The molecule has 0 unspecified atom stereocenters. The van der Waals surface area contributed by atoms with Gasteiger partial charge in [-0.15, -0.1) is 0 Å². The van der Waals surface area contributed by atoms with E-state index in [1.807, 2.05) is 59.8 Å². The second-order valence-corrected chi connectivity index (χ2v) is 10.9. The smallest absolute Gasteiger partial charge is 0.242 e. The highest BCUT2D eigenvalue weighted by molar-refractivity contribution is 14.1. The molecule has 0 spiro atoms. The first kappa shape index (κ1) is 29.9. The molecule has 0 aliphatic heterocycles. The number of nitrogens with one attached hydrogen (secondary N) is 2. The lowest BCUT2D eigenvalue weighted by molar-refractivity contribution is -0.123. The van der Waals surface area contributed by atoms with Gasteiger partial charge in [0.1, 0.15) is 40.4 Å². The van der Waals surface area contributed by atoms with E-state index >= 15 is 0 Å². The normalized spacial score (nSPS) is 13.6. The predicted octanol–water partition coefficient (Wildman–Crippen LogP) is 4.87. The molecule has 6 N–H and O–H groups in total. The quantitative estimate of drug-likeness (QED) is 0.144. The van der Waals surface area contributed by atoms with Gasteiger partial charge in [-0.1, -0.05) is 61.0 Å². The highest BCUT2D eigenvalue weighted by Gasteiger charge is 2.30. The van der Waals surface area contributed by atoms with Gasteiger partial charge in [0.15, 0.2) is 0 Å². The van der Waals surface area contributed by atoms with Gasteiger partial charge < -0.3 is 31.0 Å². The number of amides is 1. The van der Waals surface area contributed by atoms with Crippen LogP contribution in [0.25, 0.3) is 11.3 Å². The summed E-state index contributed by atoms with van der Waals surface area (Å²) < 4.78 is 21.0. The van der Waals surface area contributed by atoms with E-state index in [0.717, 1.165) is 9.13 Å². The number of carbonyl (C=O) groups excluding carboxylic acids is 1. The minimum atomic E-state index is -1.02. The SMILES string of the molecule is C[C@@H](c1ccccc1)[C@H](NC(=O)[C@H](N)c1ccc(OC(CO)CO)cc1)c1nc(-c2ccc(I)cc2F)c(Cl)[nH]1. The Morgan fingerprint density at radius 2 is 1.77 bits per heavy atom. The lowest BCUT2D eigenvalue weighted by Gasteiger charge is -2.25. The van der Waals surface area contributed by atoms with E-state index in [-0.39, 0.29) is 35.5 Å². The molecule has 1 amide bonds. The number of nitrogens with two attached hydrogens (primary N) is 1. The molecular weight excluding hydrogens is 650 g/mol. The first-order valence-electron chi connectivity index (χ1n) is 12.5. The zero-order valence-electron chi connectivity index (χ0n) is 21.5. The third-order valence-electron chi connectivity index (χ3n) is 6.51. The first-order valence-corrected chi connectivity index (χ1v) is 14.0. The monoisotopic (exact) mass is 678 g/mol. The molecule has 8 nitrogen and oxygen atoms in total. The summed E-state index contributed by atoms with van der Waals surface area (Å²) in [5.74, 6) is -0.390. The zero-order chi connectivity index (χ0) is 28.8. The van der Waals surface area contributed by atoms with Gasteiger partial charge >= 0.3 is 0 Å². The predicted molar refractivity (Wildman–Crippen MR) is 159 cm³/mol. The van der Waals surface area contributed by atoms with Crippen LogP contribution in [0.15, 0.2) is 72.8 Å². The Balaban J connectivity index is 1.61. The molecule has 1 aromatic heterocycles. The molecule has 0 bridgehead atoms. The number of H-pyrrole nitrogens is 1. The number of aromatic nitrogens is 2. The molecule has 1 heterocycles. The molecule has 210 valence electrons. The number of ether oxygens (including phenoxy) is 1. The minimum absolute atomic E-state index is 0.151. The van der Waals surface area contributed by atoms with Crippen molar-refractivity contribution in [3.8, 4) is 17.0 Å². The van der Waals surface area contributed by atoms with Crippen LogP contribution in [0.1, 0.15) is 41.9 Å². The van der Waals surface area contributed by atoms with Crippen molar-refractivity contribution >= 4 is 40.1 Å². The maximum Gasteiger partial charge on any atom is 0.242 e. The van der Waals surface area contributed by atoms with Gasteiger partial charge in [-0.25, -0.2) is 9.37 Å². The number of imidazole rings is 1. The maximum atomic E-state index is 14.8. The Bertz CT molecular complexity index is 1430. The number of carbonyl (C=O) groups is 1. The van der Waals surface area contributed by atoms with Crippen molar-refractivity contribution in [3.05, 3.63) is 104 Å². The van der Waals surface area contributed by atoms with E-state index in [0.29, 0.717) is 17.1 Å². The third-order valence-corrected chi connectivity index (χ3v) is 7.46. The summed E-state index contributed by atoms with van der Waals surface area (Å²) in [6.45, 7) is 1.27. The number of aromatic amines is 1. The molecule has 0 radical (unpaired) electrons. The fourth-order valence-corrected chi connectivity index (χ4v) is 4.92. The number of rotatable bonds is 11. The fraction of sp³-hybridized carbons (Fsp3) is 0.241. The number of aliphatic hydroxyl groups is 2. The first-order chi connectivity index (χ1) is 19.2. The summed E-state index contributed by atoms with van der Waals surface area (Å²) in [6.07, 6.45) is -0.749. The van der Waals surface area contributed by atoms with Crippen molar-refractivity contribution < 1.29 is 24.1 Å². The summed E-state index contributed by atoms with van der Waals surface area (Å²) in [7, 11) is 0. The van der Waals surface area contributed by atoms with E-state index in [1.165, 1.54) is 6.07 Å². The van der Waals surface area contributed by atoms with Crippen LogP contribution in [-0.2, 0) is 4.79 Å². The Morgan fingerprint density at radius 3 is 2.40 bits per heavy atom. The molecule has 0 aliphatic carbocycles. The summed E-state index contributed by atoms with van der Waals surface area (Å²) in [6, 6.07) is 19.2. The largest absolute Gasteiger partial charge is 0.486 e. The molecule has 0 aliphatic rings. The second kappa shape index (κ2) is 13.6. The van der Waals surface area contributed by atoms with Gasteiger partial charge in [0, 0.05) is 15.1 Å². The molecule has 40 heavy (non-hydrogen) atoms. The molecule has 3 aromatic carbocycles. The number of benzene rings is 3. The average molecular weight is 679 g/mol. The Morgan fingerprint density at radius 1 is 1.10 bits per heavy atom. The molecule has 3 atom stereocenters. The lowest BCUT2D eigenvalue weighted by Crippen LogP contribution is -2.39. The number of hydrogen-bond acceptors (Lipinski definition) is 6. The van der Waals surface area contributed by atoms with Crippen LogP contribution in [0.4, 0.5) is 4.39 Å². The van der Waals surface area contributed by atoms with Gasteiger partial charge in [0.25, 0.3) is 0 Å². The van der Waals surface area contributed by atoms with Crippen molar-refractivity contribution in [2.75, 3.05) is 13.2 Å². The molecule has 0 fully saturated rings. The maximum absolute atomic E-state index is 14.8. The second-order valence-electron chi connectivity index (χ2n) is 9.25. The van der Waals surface area contributed by atoms with Crippen molar-refractivity contribution in [1.29, 1.82) is 0 Å². The van der Waals surface area contributed by atoms with Gasteiger partial charge in [0.05, 0.1) is 19.3 Å². The Hall–Kier alpha value is -3.03. The Labute approximate surface area is 249 Å². The molecular formula is C29H29ClFIN4O4. The highest BCUT2D eigenvalue weighted by atomic mass is 127. The van der Waals surface area contributed by atoms with Crippen LogP contribution in [-0.4, -0.2) is 45.4 Å². The summed E-state index contributed by atoms with van der Waals surface area (Å²) >= 11 is 8.51. The van der Waals surface area contributed by atoms with Gasteiger partial charge in [-0.05, 0) is 64.0 Å². The van der Waals surface area contributed by atoms with Crippen molar-refractivity contribution in [2.24, 2.45) is 5.73 Å². The van der Waals surface area contributed by atoms with Crippen LogP contribution >= 0.6 is 34.2 Å². The van der Waals surface area contributed by atoms with E-state index < -0.39 is 29.9 Å². The van der Waals surface area contributed by atoms with Crippen LogP contribution in [0, 0.1) is 9.39 Å². The summed E-state index contributed by atoms with van der Waals surface area (Å²) in [5, 5.41) is 21.6. The molecule has 4 rings (SSSR count). The topological polar surface area (TPSA) is 133 Å². The summed E-state index contributed by atoms with van der Waals surface area (Å²) in [5.41, 5.74) is 8.29. The van der Waals surface area contributed by atoms with E-state index in [9.17, 15) is 19.4 Å². The average Bonchev–Trinajstić information content (AvgIpc) is 3.35.